The van der Waals surface area contributed by atoms with Crippen LogP contribution < -0.4 is 0 Å². The SMILES string of the molecule is Cc1cc(C)n(-c2cccc(CN3CCN(C(C)C)[C@H](CCO)C3)c2)n1. The van der Waals surface area contributed by atoms with Crippen LogP contribution in [-0.4, -0.2) is 63.0 Å². The second-order valence-corrected chi connectivity index (χ2v) is 7.74. The van der Waals surface area contributed by atoms with E-state index in [-0.39, 0.29) is 6.61 Å². The summed E-state index contributed by atoms with van der Waals surface area (Å²) >= 11 is 0. The van der Waals surface area contributed by atoms with Crippen LogP contribution in [-0.2, 0) is 6.54 Å². The van der Waals surface area contributed by atoms with Crippen LogP contribution in [0, 0.1) is 13.8 Å². The summed E-state index contributed by atoms with van der Waals surface area (Å²) in [4.78, 5) is 5.04. The Morgan fingerprint density at radius 3 is 2.65 bits per heavy atom. The average Bonchev–Trinajstić information content (AvgIpc) is 2.94. The molecule has 1 aromatic heterocycles. The van der Waals surface area contributed by atoms with Gasteiger partial charge in [-0.3, -0.25) is 9.80 Å². The van der Waals surface area contributed by atoms with Crippen molar-refractivity contribution in [1.82, 2.24) is 19.6 Å². The van der Waals surface area contributed by atoms with E-state index in [1.54, 1.807) is 0 Å². The summed E-state index contributed by atoms with van der Waals surface area (Å²) in [6, 6.07) is 11.8. The Balaban J connectivity index is 1.71. The van der Waals surface area contributed by atoms with Crippen LogP contribution in [0.5, 0.6) is 0 Å². The third-order valence-corrected chi connectivity index (χ3v) is 5.31. The summed E-state index contributed by atoms with van der Waals surface area (Å²) < 4.78 is 2.02. The van der Waals surface area contributed by atoms with E-state index in [1.165, 1.54) is 5.56 Å². The fraction of sp³-hybridized carbons (Fsp3) is 0.571. The lowest BCUT2D eigenvalue weighted by molar-refractivity contribution is 0.0349. The number of hydrogen-bond donors (Lipinski definition) is 1. The molecule has 0 spiro atoms. The van der Waals surface area contributed by atoms with Crippen LogP contribution in [0.25, 0.3) is 5.69 Å². The molecule has 5 heteroatoms. The first kappa shape index (κ1) is 19.1. The van der Waals surface area contributed by atoms with Gasteiger partial charge in [0.15, 0.2) is 0 Å². The minimum absolute atomic E-state index is 0.259. The Morgan fingerprint density at radius 1 is 1.19 bits per heavy atom. The van der Waals surface area contributed by atoms with E-state index in [2.05, 4.69) is 66.0 Å². The van der Waals surface area contributed by atoms with Gasteiger partial charge in [-0.1, -0.05) is 12.1 Å². The Labute approximate surface area is 157 Å². The molecule has 1 aliphatic heterocycles. The summed E-state index contributed by atoms with van der Waals surface area (Å²) in [5.74, 6) is 0. The number of hydrogen-bond acceptors (Lipinski definition) is 4. The van der Waals surface area contributed by atoms with Crippen molar-refractivity contribution in [2.45, 2.75) is 52.7 Å². The van der Waals surface area contributed by atoms with Gasteiger partial charge in [0.1, 0.15) is 0 Å². The van der Waals surface area contributed by atoms with Gasteiger partial charge in [-0.25, -0.2) is 4.68 Å². The summed E-state index contributed by atoms with van der Waals surface area (Å²) in [5.41, 5.74) is 4.65. The van der Waals surface area contributed by atoms with Crippen molar-refractivity contribution in [2.75, 3.05) is 26.2 Å². The van der Waals surface area contributed by atoms with Crippen molar-refractivity contribution in [1.29, 1.82) is 0 Å². The normalized spacial score (nSPS) is 19.4. The fourth-order valence-corrected chi connectivity index (χ4v) is 4.10. The molecule has 142 valence electrons. The number of nitrogens with zero attached hydrogens (tertiary/aromatic N) is 4. The van der Waals surface area contributed by atoms with Gasteiger partial charge >= 0.3 is 0 Å². The summed E-state index contributed by atoms with van der Waals surface area (Å²) in [6.07, 6.45) is 0.848. The molecule has 5 nitrogen and oxygen atoms in total. The Bertz CT molecular complexity index is 725. The molecular formula is C21H32N4O. The predicted molar refractivity (Wildman–Crippen MR) is 106 cm³/mol. The molecule has 1 aromatic carbocycles. The van der Waals surface area contributed by atoms with Gasteiger partial charge in [0.2, 0.25) is 0 Å². The number of aryl methyl sites for hydroxylation is 2. The maximum atomic E-state index is 9.43. The fourth-order valence-electron chi connectivity index (χ4n) is 4.10. The smallest absolute Gasteiger partial charge is 0.0651 e. The van der Waals surface area contributed by atoms with Crippen LogP contribution in [0.2, 0.25) is 0 Å². The molecule has 1 saturated heterocycles. The van der Waals surface area contributed by atoms with Gasteiger partial charge in [-0.2, -0.15) is 5.10 Å². The first-order valence-electron chi connectivity index (χ1n) is 9.69. The zero-order valence-corrected chi connectivity index (χ0v) is 16.5. The Kier molecular flexibility index (Phi) is 6.12. The highest BCUT2D eigenvalue weighted by atomic mass is 16.3. The highest BCUT2D eigenvalue weighted by Gasteiger charge is 2.28. The van der Waals surface area contributed by atoms with E-state index in [0.717, 1.165) is 49.7 Å². The Hall–Kier alpha value is -1.69. The summed E-state index contributed by atoms with van der Waals surface area (Å²) in [7, 11) is 0. The highest BCUT2D eigenvalue weighted by molar-refractivity contribution is 5.37. The van der Waals surface area contributed by atoms with Gasteiger partial charge in [0, 0.05) is 50.6 Å². The lowest BCUT2D eigenvalue weighted by Crippen LogP contribution is -2.55. The van der Waals surface area contributed by atoms with Crippen molar-refractivity contribution in [2.24, 2.45) is 0 Å². The van der Waals surface area contributed by atoms with Crippen molar-refractivity contribution >= 4 is 0 Å². The summed E-state index contributed by atoms with van der Waals surface area (Å²) in [5, 5.41) is 14.0. The minimum atomic E-state index is 0.259. The zero-order valence-electron chi connectivity index (χ0n) is 16.5. The molecule has 26 heavy (non-hydrogen) atoms. The maximum Gasteiger partial charge on any atom is 0.0651 e. The molecule has 1 N–H and O–H groups in total. The molecule has 0 unspecified atom stereocenters. The molecule has 2 heterocycles. The monoisotopic (exact) mass is 356 g/mol. The molecule has 0 aliphatic carbocycles. The first-order chi connectivity index (χ1) is 12.5. The average molecular weight is 357 g/mol. The van der Waals surface area contributed by atoms with E-state index < -0.39 is 0 Å². The molecule has 0 radical (unpaired) electrons. The van der Waals surface area contributed by atoms with E-state index in [0.29, 0.717) is 12.1 Å². The molecule has 0 saturated carbocycles. The predicted octanol–water partition coefficient (Wildman–Crippen LogP) is 2.77. The van der Waals surface area contributed by atoms with E-state index in [9.17, 15) is 5.11 Å². The number of rotatable bonds is 6. The summed E-state index contributed by atoms with van der Waals surface area (Å²) in [6.45, 7) is 13.0. The van der Waals surface area contributed by atoms with Gasteiger partial charge in [0.25, 0.3) is 0 Å². The quantitative estimate of drug-likeness (QED) is 0.864. The van der Waals surface area contributed by atoms with Gasteiger partial charge in [-0.05, 0) is 57.9 Å². The Morgan fingerprint density at radius 2 is 2.00 bits per heavy atom. The zero-order chi connectivity index (χ0) is 18.7. The van der Waals surface area contributed by atoms with Gasteiger partial charge in [-0.15, -0.1) is 0 Å². The molecule has 1 aliphatic rings. The number of aliphatic hydroxyl groups is 1. The van der Waals surface area contributed by atoms with Gasteiger partial charge in [0.05, 0.1) is 11.4 Å². The van der Waals surface area contributed by atoms with Gasteiger partial charge < -0.3 is 5.11 Å². The highest BCUT2D eigenvalue weighted by Crippen LogP contribution is 2.20. The maximum absolute atomic E-state index is 9.43. The number of aliphatic hydroxyl groups excluding tert-OH is 1. The largest absolute Gasteiger partial charge is 0.396 e. The number of benzene rings is 1. The minimum Gasteiger partial charge on any atom is -0.396 e. The van der Waals surface area contributed by atoms with E-state index >= 15 is 0 Å². The molecule has 0 amide bonds. The van der Waals surface area contributed by atoms with E-state index in [4.69, 9.17) is 0 Å². The first-order valence-corrected chi connectivity index (χ1v) is 9.69. The lowest BCUT2D eigenvalue weighted by Gasteiger charge is -2.43. The van der Waals surface area contributed by atoms with Crippen LogP contribution in [0.3, 0.4) is 0 Å². The molecular weight excluding hydrogens is 324 g/mol. The van der Waals surface area contributed by atoms with Crippen LogP contribution in [0.1, 0.15) is 37.2 Å². The molecule has 3 rings (SSSR count). The third kappa shape index (κ3) is 4.34. The molecule has 0 bridgehead atoms. The van der Waals surface area contributed by atoms with E-state index in [1.807, 2.05) is 11.6 Å². The standard InChI is InChI=1S/C21H32N4O/c1-16(2)24-10-9-23(15-21(24)8-11-26)14-19-6-5-7-20(13-19)25-18(4)12-17(3)22-25/h5-7,12-13,16,21,26H,8-11,14-15H2,1-4H3/t21-/m1/s1. The van der Waals surface area contributed by atoms with Crippen molar-refractivity contribution in [3.8, 4) is 5.69 Å². The number of piperazine rings is 1. The second-order valence-electron chi connectivity index (χ2n) is 7.74. The van der Waals surface area contributed by atoms with Crippen molar-refractivity contribution in [3.05, 3.63) is 47.3 Å². The van der Waals surface area contributed by atoms with Crippen LogP contribution in [0.15, 0.2) is 30.3 Å². The third-order valence-electron chi connectivity index (χ3n) is 5.31. The molecule has 1 atom stereocenters. The van der Waals surface area contributed by atoms with Crippen LogP contribution >= 0.6 is 0 Å². The van der Waals surface area contributed by atoms with Crippen molar-refractivity contribution in [3.63, 3.8) is 0 Å². The molecule has 1 fully saturated rings. The molecule has 2 aromatic rings. The van der Waals surface area contributed by atoms with Crippen LogP contribution in [0.4, 0.5) is 0 Å². The second kappa shape index (κ2) is 8.33. The van der Waals surface area contributed by atoms with Crippen molar-refractivity contribution < 1.29 is 5.11 Å². The lowest BCUT2D eigenvalue weighted by atomic mass is 10.1. The topological polar surface area (TPSA) is 44.5 Å². The number of aromatic nitrogens is 2.